The molecule has 0 spiro atoms. The van der Waals surface area contributed by atoms with Gasteiger partial charge in [-0.15, -0.1) is 0 Å². The Balaban J connectivity index is 1.87. The van der Waals surface area contributed by atoms with Gasteiger partial charge in [-0.3, -0.25) is 4.79 Å². The van der Waals surface area contributed by atoms with Crippen LogP contribution >= 0.6 is 0 Å². The molecule has 1 aliphatic carbocycles. The first-order valence-corrected chi connectivity index (χ1v) is 9.47. The number of nitrogens with zero attached hydrogens (tertiary/aromatic N) is 1. The zero-order valence-corrected chi connectivity index (χ0v) is 13.7. The van der Waals surface area contributed by atoms with E-state index in [9.17, 15) is 13.2 Å². The summed E-state index contributed by atoms with van der Waals surface area (Å²) in [5, 5.41) is 0. The summed E-state index contributed by atoms with van der Waals surface area (Å²) >= 11 is 0. The summed E-state index contributed by atoms with van der Waals surface area (Å²) in [7, 11) is -1.73. The normalized spacial score (nSPS) is 25.2. The molecular formula is C16H21NO4S. The Kier molecular flexibility index (Phi) is 3.99. The maximum absolute atomic E-state index is 12.8. The Bertz CT molecular complexity index is 681. The number of benzene rings is 1. The quantitative estimate of drug-likeness (QED) is 0.848. The zero-order chi connectivity index (χ0) is 15.9. The molecule has 2 atom stereocenters. The lowest BCUT2D eigenvalue weighted by molar-refractivity contribution is -0.124. The lowest BCUT2D eigenvalue weighted by Gasteiger charge is -2.25. The second-order valence-corrected chi connectivity index (χ2v) is 8.19. The fourth-order valence-electron chi connectivity index (χ4n) is 3.18. The van der Waals surface area contributed by atoms with Gasteiger partial charge in [-0.1, -0.05) is 12.1 Å². The maximum Gasteiger partial charge on any atom is 0.232 e. The molecule has 2 aliphatic rings. The molecule has 5 nitrogen and oxygen atoms in total. The van der Waals surface area contributed by atoms with Crippen molar-refractivity contribution < 1.29 is 17.9 Å². The molecule has 0 unspecified atom stereocenters. The minimum atomic E-state index is -3.38. The van der Waals surface area contributed by atoms with E-state index in [-0.39, 0.29) is 22.8 Å². The van der Waals surface area contributed by atoms with Crippen molar-refractivity contribution in [2.24, 2.45) is 11.8 Å². The van der Waals surface area contributed by atoms with E-state index in [0.29, 0.717) is 24.6 Å². The summed E-state index contributed by atoms with van der Waals surface area (Å²) in [6.07, 6.45) is 4.12. The molecule has 1 saturated carbocycles. The molecule has 3 rings (SSSR count). The molecule has 0 aromatic heterocycles. The third-order valence-corrected chi connectivity index (χ3v) is 5.64. The molecule has 120 valence electrons. The Morgan fingerprint density at radius 3 is 2.55 bits per heavy atom. The third-order valence-electron chi connectivity index (χ3n) is 4.50. The van der Waals surface area contributed by atoms with Crippen molar-refractivity contribution in [3.8, 4) is 0 Å². The van der Waals surface area contributed by atoms with Gasteiger partial charge in [0.25, 0.3) is 0 Å². The van der Waals surface area contributed by atoms with Crippen LogP contribution in [0.4, 0.5) is 5.69 Å². The number of anilines is 1. The highest BCUT2D eigenvalue weighted by Crippen LogP contribution is 2.42. The van der Waals surface area contributed by atoms with Gasteiger partial charge in [0, 0.05) is 19.9 Å². The van der Waals surface area contributed by atoms with Gasteiger partial charge in [-0.2, -0.15) is 0 Å². The molecule has 1 aromatic rings. The van der Waals surface area contributed by atoms with Crippen molar-refractivity contribution in [1.29, 1.82) is 0 Å². The van der Waals surface area contributed by atoms with Crippen LogP contribution in [0, 0.1) is 11.8 Å². The van der Waals surface area contributed by atoms with Gasteiger partial charge in [0.15, 0.2) is 9.84 Å². The average molecular weight is 323 g/mol. The van der Waals surface area contributed by atoms with Gasteiger partial charge in [-0.05, 0) is 37.3 Å². The molecule has 1 saturated heterocycles. The van der Waals surface area contributed by atoms with E-state index in [1.807, 2.05) is 0 Å². The predicted molar refractivity (Wildman–Crippen MR) is 83.5 cm³/mol. The van der Waals surface area contributed by atoms with Gasteiger partial charge in [0.1, 0.15) is 0 Å². The van der Waals surface area contributed by atoms with E-state index in [0.717, 1.165) is 19.1 Å². The second kappa shape index (κ2) is 5.66. The standard InChI is InChI=1S/C16H21NO4S/c1-17(13-5-3-4-6-14(13)22(2,19)20)16(18)12-9-10-21-15(12)11-7-8-11/h3-6,11-12,15H,7-10H2,1-2H3/t12-,15+/m1/s1. The highest BCUT2D eigenvalue weighted by Gasteiger charge is 2.45. The zero-order valence-electron chi connectivity index (χ0n) is 12.9. The fraction of sp³-hybridized carbons (Fsp3) is 0.562. The molecule has 1 heterocycles. The number of hydrogen-bond donors (Lipinski definition) is 0. The first-order valence-electron chi connectivity index (χ1n) is 7.58. The third kappa shape index (κ3) is 2.90. The largest absolute Gasteiger partial charge is 0.377 e. The Morgan fingerprint density at radius 2 is 1.91 bits per heavy atom. The summed E-state index contributed by atoms with van der Waals surface area (Å²) in [4.78, 5) is 14.5. The van der Waals surface area contributed by atoms with E-state index in [1.165, 1.54) is 11.0 Å². The van der Waals surface area contributed by atoms with E-state index in [1.54, 1.807) is 25.2 Å². The summed E-state index contributed by atoms with van der Waals surface area (Å²) in [5.41, 5.74) is 0.441. The molecule has 0 N–H and O–H groups in total. The van der Waals surface area contributed by atoms with Gasteiger partial charge < -0.3 is 9.64 Å². The SMILES string of the molecule is CN(C(=O)[C@@H]1CCO[C@H]1C1CC1)c1ccccc1S(C)(=O)=O. The Labute approximate surface area is 131 Å². The average Bonchev–Trinajstić information content (AvgIpc) is 3.22. The molecular weight excluding hydrogens is 302 g/mol. The van der Waals surface area contributed by atoms with Crippen molar-refractivity contribution in [3.63, 3.8) is 0 Å². The summed E-state index contributed by atoms with van der Waals surface area (Å²) in [6, 6.07) is 6.63. The number of para-hydroxylation sites is 1. The number of carbonyl (C=O) groups is 1. The number of rotatable bonds is 4. The van der Waals surface area contributed by atoms with Crippen molar-refractivity contribution >= 4 is 21.4 Å². The van der Waals surface area contributed by atoms with Crippen LogP contribution in [0.3, 0.4) is 0 Å². The van der Waals surface area contributed by atoms with Gasteiger partial charge in [-0.25, -0.2) is 8.42 Å². The predicted octanol–water partition coefficient (Wildman–Crippen LogP) is 1.87. The van der Waals surface area contributed by atoms with Crippen LogP contribution < -0.4 is 4.90 Å². The number of hydrogen-bond acceptors (Lipinski definition) is 4. The van der Waals surface area contributed by atoms with Crippen LogP contribution in [0.15, 0.2) is 29.2 Å². The van der Waals surface area contributed by atoms with Crippen molar-refractivity contribution in [3.05, 3.63) is 24.3 Å². The summed E-state index contributed by atoms with van der Waals surface area (Å²) in [5.74, 6) is 0.283. The van der Waals surface area contributed by atoms with Crippen molar-refractivity contribution in [1.82, 2.24) is 0 Å². The van der Waals surface area contributed by atoms with Gasteiger partial charge >= 0.3 is 0 Å². The van der Waals surface area contributed by atoms with E-state index >= 15 is 0 Å². The number of carbonyl (C=O) groups excluding carboxylic acids is 1. The molecule has 22 heavy (non-hydrogen) atoms. The number of amides is 1. The minimum absolute atomic E-state index is 0.000320. The number of sulfone groups is 1. The molecule has 0 radical (unpaired) electrons. The topological polar surface area (TPSA) is 63.7 Å². The number of ether oxygens (including phenoxy) is 1. The molecule has 6 heteroatoms. The first-order chi connectivity index (χ1) is 10.4. The van der Waals surface area contributed by atoms with Crippen molar-refractivity contribution in [2.75, 3.05) is 24.8 Å². The summed E-state index contributed by atoms with van der Waals surface area (Å²) < 4.78 is 29.6. The molecule has 1 aromatic carbocycles. The van der Waals surface area contributed by atoms with Crippen LogP contribution in [-0.2, 0) is 19.4 Å². The van der Waals surface area contributed by atoms with E-state index in [2.05, 4.69) is 0 Å². The second-order valence-electron chi connectivity index (χ2n) is 6.21. The van der Waals surface area contributed by atoms with Crippen LogP contribution in [0.2, 0.25) is 0 Å². The lowest BCUT2D eigenvalue weighted by atomic mass is 9.96. The van der Waals surface area contributed by atoms with Crippen LogP contribution in [-0.4, -0.2) is 40.3 Å². The minimum Gasteiger partial charge on any atom is -0.377 e. The molecule has 2 fully saturated rings. The van der Waals surface area contributed by atoms with E-state index < -0.39 is 9.84 Å². The highest BCUT2D eigenvalue weighted by molar-refractivity contribution is 7.90. The lowest BCUT2D eigenvalue weighted by Crippen LogP contribution is -2.38. The molecule has 1 aliphatic heterocycles. The Morgan fingerprint density at radius 1 is 1.23 bits per heavy atom. The highest BCUT2D eigenvalue weighted by atomic mass is 32.2. The van der Waals surface area contributed by atoms with Crippen LogP contribution in [0.5, 0.6) is 0 Å². The van der Waals surface area contributed by atoms with E-state index in [4.69, 9.17) is 4.74 Å². The van der Waals surface area contributed by atoms with Crippen molar-refractivity contribution in [2.45, 2.75) is 30.3 Å². The fourth-order valence-corrected chi connectivity index (χ4v) is 4.09. The molecule has 0 bridgehead atoms. The Hall–Kier alpha value is -1.40. The monoisotopic (exact) mass is 323 g/mol. The van der Waals surface area contributed by atoms with Crippen LogP contribution in [0.25, 0.3) is 0 Å². The van der Waals surface area contributed by atoms with Crippen LogP contribution in [0.1, 0.15) is 19.3 Å². The smallest absolute Gasteiger partial charge is 0.232 e. The van der Waals surface area contributed by atoms with Gasteiger partial charge in [0.2, 0.25) is 5.91 Å². The maximum atomic E-state index is 12.8. The summed E-state index contributed by atoms with van der Waals surface area (Å²) in [6.45, 7) is 0.610. The molecule has 1 amide bonds. The van der Waals surface area contributed by atoms with Gasteiger partial charge in [0.05, 0.1) is 22.6 Å². The first kappa shape index (κ1) is 15.5.